The van der Waals surface area contributed by atoms with E-state index in [1.54, 1.807) is 11.9 Å². The van der Waals surface area contributed by atoms with E-state index < -0.39 is 0 Å². The second-order valence-corrected chi connectivity index (χ2v) is 7.69. The minimum Gasteiger partial charge on any atom is -0.396 e. The van der Waals surface area contributed by atoms with Crippen molar-refractivity contribution in [2.45, 2.75) is 12.8 Å². The summed E-state index contributed by atoms with van der Waals surface area (Å²) in [6, 6.07) is 15.5. The lowest BCUT2D eigenvalue weighted by Gasteiger charge is -2.22. The van der Waals surface area contributed by atoms with Gasteiger partial charge >= 0.3 is 0 Å². The molecule has 1 amide bonds. The summed E-state index contributed by atoms with van der Waals surface area (Å²) in [5, 5.41) is 11.1. The predicted octanol–water partition coefficient (Wildman–Crippen LogP) is 4.33. The van der Waals surface area contributed by atoms with Crippen molar-refractivity contribution in [3.63, 3.8) is 0 Å². The summed E-state index contributed by atoms with van der Waals surface area (Å²) >= 11 is 6.21. The lowest BCUT2D eigenvalue weighted by atomic mass is 10.0. The molecular weight excluding hydrogens is 348 g/mol. The standard InChI is InChI=1S/C21H21ClN2O2/c1-24(12-21(13-25)9-10-21)20(26)19-18(14-5-3-2-4-6-14)16-11-15(22)7-8-17(16)23-19/h2-8,11,23,25H,9-10,12-13H2,1H3. The Morgan fingerprint density at radius 2 is 1.96 bits per heavy atom. The Labute approximate surface area is 157 Å². The Bertz CT molecular complexity index is 961. The number of carbonyl (C=O) groups excluding carboxylic acids is 1. The van der Waals surface area contributed by atoms with Crippen molar-refractivity contribution >= 4 is 28.4 Å². The molecule has 0 atom stereocenters. The highest BCUT2D eigenvalue weighted by atomic mass is 35.5. The fourth-order valence-corrected chi connectivity index (χ4v) is 3.71. The van der Waals surface area contributed by atoms with Gasteiger partial charge in [0.15, 0.2) is 0 Å². The molecule has 26 heavy (non-hydrogen) atoms. The zero-order chi connectivity index (χ0) is 18.3. The second kappa shape index (κ2) is 6.45. The summed E-state index contributed by atoms with van der Waals surface area (Å²) in [5.74, 6) is -0.0732. The summed E-state index contributed by atoms with van der Waals surface area (Å²) < 4.78 is 0. The van der Waals surface area contributed by atoms with E-state index in [2.05, 4.69) is 4.98 Å². The van der Waals surface area contributed by atoms with Gasteiger partial charge in [-0.05, 0) is 36.6 Å². The molecule has 1 aliphatic rings. The molecule has 1 fully saturated rings. The number of carbonyl (C=O) groups is 1. The maximum absolute atomic E-state index is 13.2. The van der Waals surface area contributed by atoms with Crippen LogP contribution in [0.25, 0.3) is 22.0 Å². The van der Waals surface area contributed by atoms with Crippen molar-refractivity contribution in [3.05, 3.63) is 59.2 Å². The van der Waals surface area contributed by atoms with Crippen molar-refractivity contribution in [3.8, 4) is 11.1 Å². The lowest BCUT2D eigenvalue weighted by Crippen LogP contribution is -2.34. The van der Waals surface area contributed by atoms with Crippen LogP contribution >= 0.6 is 11.6 Å². The Morgan fingerprint density at radius 3 is 2.62 bits per heavy atom. The van der Waals surface area contributed by atoms with E-state index in [-0.39, 0.29) is 17.9 Å². The lowest BCUT2D eigenvalue weighted by molar-refractivity contribution is 0.0729. The summed E-state index contributed by atoms with van der Waals surface area (Å²) in [6.07, 6.45) is 1.93. The molecule has 0 radical (unpaired) electrons. The molecule has 2 N–H and O–H groups in total. The average molecular weight is 369 g/mol. The monoisotopic (exact) mass is 368 g/mol. The van der Waals surface area contributed by atoms with Crippen LogP contribution in [-0.4, -0.2) is 41.1 Å². The summed E-state index contributed by atoms with van der Waals surface area (Å²) in [6.45, 7) is 0.686. The molecule has 0 bridgehead atoms. The molecule has 3 aromatic rings. The fraction of sp³-hybridized carbons (Fsp3) is 0.286. The number of fused-ring (bicyclic) bond motifs is 1. The Kier molecular flexibility index (Phi) is 4.25. The van der Waals surface area contributed by atoms with Crippen molar-refractivity contribution < 1.29 is 9.90 Å². The first-order valence-electron chi connectivity index (χ1n) is 8.76. The van der Waals surface area contributed by atoms with E-state index in [1.165, 1.54) is 0 Å². The summed E-state index contributed by atoms with van der Waals surface area (Å²) in [4.78, 5) is 18.2. The number of nitrogens with one attached hydrogen (secondary N) is 1. The number of aliphatic hydroxyl groups excluding tert-OH is 1. The summed E-state index contributed by atoms with van der Waals surface area (Å²) in [7, 11) is 1.80. The van der Waals surface area contributed by atoms with Crippen LogP contribution in [0.1, 0.15) is 23.3 Å². The Morgan fingerprint density at radius 1 is 1.23 bits per heavy atom. The summed E-state index contributed by atoms with van der Waals surface area (Å²) in [5.41, 5.74) is 3.17. The van der Waals surface area contributed by atoms with Gasteiger partial charge in [0.2, 0.25) is 0 Å². The van der Waals surface area contributed by atoms with Crippen molar-refractivity contribution in [1.29, 1.82) is 0 Å². The molecule has 1 aliphatic carbocycles. The van der Waals surface area contributed by atoms with Crippen LogP contribution in [0.4, 0.5) is 0 Å². The smallest absolute Gasteiger partial charge is 0.270 e. The third-order valence-electron chi connectivity index (χ3n) is 5.25. The molecule has 1 saturated carbocycles. The highest BCUT2D eigenvalue weighted by molar-refractivity contribution is 6.31. The number of benzene rings is 2. The molecule has 0 aliphatic heterocycles. The Balaban J connectivity index is 1.80. The van der Waals surface area contributed by atoms with E-state index in [4.69, 9.17) is 11.6 Å². The van der Waals surface area contributed by atoms with E-state index in [0.717, 1.165) is 34.9 Å². The van der Waals surface area contributed by atoms with Gasteiger partial charge in [-0.1, -0.05) is 41.9 Å². The first kappa shape index (κ1) is 17.1. The Hall–Kier alpha value is -2.30. The molecule has 1 heterocycles. The van der Waals surface area contributed by atoms with Crippen LogP contribution in [0.3, 0.4) is 0 Å². The molecule has 4 nitrogen and oxygen atoms in total. The van der Waals surface area contributed by atoms with Crippen LogP contribution in [0, 0.1) is 5.41 Å². The molecular formula is C21H21ClN2O2. The molecule has 4 rings (SSSR count). The number of nitrogens with zero attached hydrogens (tertiary/aromatic N) is 1. The topological polar surface area (TPSA) is 56.3 Å². The first-order valence-corrected chi connectivity index (χ1v) is 9.14. The highest BCUT2D eigenvalue weighted by Crippen LogP contribution is 2.45. The van der Waals surface area contributed by atoms with Gasteiger partial charge in [0, 0.05) is 40.5 Å². The van der Waals surface area contributed by atoms with Crippen LogP contribution in [0.2, 0.25) is 5.02 Å². The quantitative estimate of drug-likeness (QED) is 0.704. The number of aromatic nitrogens is 1. The molecule has 0 unspecified atom stereocenters. The minimum atomic E-state index is -0.118. The predicted molar refractivity (Wildman–Crippen MR) is 104 cm³/mol. The number of H-pyrrole nitrogens is 1. The normalized spacial score (nSPS) is 15.2. The van der Waals surface area contributed by atoms with Crippen LogP contribution in [0.5, 0.6) is 0 Å². The van der Waals surface area contributed by atoms with Gasteiger partial charge in [-0.2, -0.15) is 0 Å². The van der Waals surface area contributed by atoms with E-state index >= 15 is 0 Å². The van der Waals surface area contributed by atoms with Crippen molar-refractivity contribution in [2.24, 2.45) is 5.41 Å². The maximum atomic E-state index is 13.2. The highest BCUT2D eigenvalue weighted by Gasteiger charge is 2.43. The van der Waals surface area contributed by atoms with Gasteiger partial charge in [0.1, 0.15) is 5.69 Å². The van der Waals surface area contributed by atoms with Gasteiger partial charge < -0.3 is 15.0 Å². The first-order chi connectivity index (χ1) is 12.5. The van der Waals surface area contributed by atoms with E-state index in [0.29, 0.717) is 17.3 Å². The van der Waals surface area contributed by atoms with Gasteiger partial charge in [-0.15, -0.1) is 0 Å². The van der Waals surface area contributed by atoms with E-state index in [9.17, 15) is 9.90 Å². The van der Waals surface area contributed by atoms with Crippen LogP contribution in [-0.2, 0) is 0 Å². The van der Waals surface area contributed by atoms with Crippen LogP contribution in [0.15, 0.2) is 48.5 Å². The van der Waals surface area contributed by atoms with Crippen LogP contribution < -0.4 is 0 Å². The van der Waals surface area contributed by atoms with Crippen molar-refractivity contribution in [2.75, 3.05) is 20.2 Å². The fourth-order valence-electron chi connectivity index (χ4n) is 3.54. The third kappa shape index (κ3) is 3.00. The second-order valence-electron chi connectivity index (χ2n) is 7.25. The SMILES string of the molecule is CN(CC1(CO)CC1)C(=O)c1[nH]c2ccc(Cl)cc2c1-c1ccccc1. The van der Waals surface area contributed by atoms with Gasteiger partial charge in [0.05, 0.1) is 6.61 Å². The molecule has 0 saturated heterocycles. The zero-order valence-corrected chi connectivity index (χ0v) is 15.4. The number of hydrogen-bond acceptors (Lipinski definition) is 2. The number of aliphatic hydroxyl groups is 1. The number of halogens is 1. The largest absolute Gasteiger partial charge is 0.396 e. The molecule has 5 heteroatoms. The number of rotatable bonds is 5. The van der Waals surface area contributed by atoms with Gasteiger partial charge in [-0.25, -0.2) is 0 Å². The molecule has 2 aromatic carbocycles. The molecule has 1 aromatic heterocycles. The molecule has 134 valence electrons. The number of amides is 1. The minimum absolute atomic E-state index is 0.0732. The van der Waals surface area contributed by atoms with Gasteiger partial charge in [-0.3, -0.25) is 4.79 Å². The number of hydrogen-bond donors (Lipinski definition) is 2. The third-order valence-corrected chi connectivity index (χ3v) is 5.48. The zero-order valence-electron chi connectivity index (χ0n) is 14.6. The average Bonchev–Trinajstić information content (AvgIpc) is 3.33. The maximum Gasteiger partial charge on any atom is 0.270 e. The number of aromatic amines is 1. The van der Waals surface area contributed by atoms with Crippen molar-refractivity contribution in [1.82, 2.24) is 9.88 Å². The van der Waals surface area contributed by atoms with Gasteiger partial charge in [0.25, 0.3) is 5.91 Å². The molecule has 0 spiro atoms. The van der Waals surface area contributed by atoms with E-state index in [1.807, 2.05) is 48.5 Å².